The van der Waals surface area contributed by atoms with E-state index in [1.165, 1.54) is 6.33 Å². The molecule has 20 heavy (non-hydrogen) atoms. The summed E-state index contributed by atoms with van der Waals surface area (Å²) in [5.41, 5.74) is 3.60. The molecule has 1 aromatic rings. The molecule has 7 heteroatoms. The van der Waals surface area contributed by atoms with E-state index in [0.717, 1.165) is 43.8 Å². The number of hydrogen-bond acceptors (Lipinski definition) is 7. The molecule has 0 aliphatic rings. The first-order valence-electron chi connectivity index (χ1n) is 6.94. The van der Waals surface area contributed by atoms with E-state index < -0.39 is 0 Å². The van der Waals surface area contributed by atoms with Gasteiger partial charge in [0, 0.05) is 25.8 Å². The van der Waals surface area contributed by atoms with Crippen LogP contribution >= 0.6 is 0 Å². The van der Waals surface area contributed by atoms with E-state index >= 15 is 0 Å². The molecular weight excluding hydrogens is 258 g/mol. The molecule has 0 spiro atoms. The lowest BCUT2D eigenvalue weighted by molar-refractivity contribution is 0.0691. The van der Waals surface area contributed by atoms with Crippen LogP contribution in [-0.2, 0) is 15.9 Å². The molecule has 1 aromatic heterocycles. The predicted octanol–water partition coefficient (Wildman–Crippen LogP) is 1.18. The quantitative estimate of drug-likeness (QED) is 0.319. The molecule has 0 fully saturated rings. The number of nitrogens with zero attached hydrogens (tertiary/aromatic N) is 2. The lowest BCUT2D eigenvalue weighted by atomic mass is 10.2. The average molecular weight is 283 g/mol. The summed E-state index contributed by atoms with van der Waals surface area (Å²) in [6.07, 6.45) is 4.35. The number of anilines is 2. The first-order chi connectivity index (χ1) is 9.83. The van der Waals surface area contributed by atoms with Gasteiger partial charge in [-0.2, -0.15) is 0 Å². The molecule has 0 radical (unpaired) electrons. The predicted molar refractivity (Wildman–Crippen MR) is 79.6 cm³/mol. The minimum atomic E-state index is 0.647. The highest BCUT2D eigenvalue weighted by atomic mass is 16.5. The van der Waals surface area contributed by atoms with Crippen LogP contribution in [0.2, 0.25) is 0 Å². The number of nitrogens with two attached hydrogens (primary N) is 1. The highest BCUT2D eigenvalue weighted by Gasteiger charge is 2.07. The summed E-state index contributed by atoms with van der Waals surface area (Å²) in [5.74, 6) is 6.95. The van der Waals surface area contributed by atoms with Gasteiger partial charge in [-0.05, 0) is 19.3 Å². The zero-order chi connectivity index (χ0) is 14.6. The second kappa shape index (κ2) is 10.4. The average Bonchev–Trinajstić information content (AvgIpc) is 2.49. The fourth-order valence-corrected chi connectivity index (χ4v) is 1.80. The number of hydrogen-bond donors (Lipinski definition) is 3. The third-order valence-electron chi connectivity index (χ3n) is 2.88. The Morgan fingerprint density at radius 2 is 1.95 bits per heavy atom. The van der Waals surface area contributed by atoms with Crippen LogP contribution in [0.1, 0.15) is 25.3 Å². The van der Waals surface area contributed by atoms with Crippen molar-refractivity contribution in [3.63, 3.8) is 0 Å². The van der Waals surface area contributed by atoms with Gasteiger partial charge in [0.1, 0.15) is 18.0 Å². The van der Waals surface area contributed by atoms with E-state index in [0.29, 0.717) is 19.0 Å². The summed E-state index contributed by atoms with van der Waals surface area (Å²) in [6.45, 7) is 4.95. The van der Waals surface area contributed by atoms with Crippen LogP contribution in [0.5, 0.6) is 0 Å². The Hall–Kier alpha value is -1.44. The SMILES string of the molecule is CCc1c(NN)ncnc1NCCCCOCCOC. The fourth-order valence-electron chi connectivity index (χ4n) is 1.80. The van der Waals surface area contributed by atoms with Crippen molar-refractivity contribution in [1.82, 2.24) is 9.97 Å². The highest BCUT2D eigenvalue weighted by Crippen LogP contribution is 2.19. The monoisotopic (exact) mass is 283 g/mol. The highest BCUT2D eigenvalue weighted by molar-refractivity contribution is 5.56. The maximum absolute atomic E-state index is 5.43. The molecule has 0 aliphatic carbocycles. The normalized spacial score (nSPS) is 10.6. The van der Waals surface area contributed by atoms with Crippen LogP contribution in [0.4, 0.5) is 11.6 Å². The van der Waals surface area contributed by atoms with Gasteiger partial charge >= 0.3 is 0 Å². The van der Waals surface area contributed by atoms with Crippen molar-refractivity contribution < 1.29 is 9.47 Å². The molecule has 0 aromatic carbocycles. The summed E-state index contributed by atoms with van der Waals surface area (Å²) in [7, 11) is 1.67. The van der Waals surface area contributed by atoms with Gasteiger partial charge in [-0.1, -0.05) is 6.92 Å². The number of unbranched alkanes of at least 4 members (excludes halogenated alkanes) is 1. The molecule has 4 N–H and O–H groups in total. The Morgan fingerprint density at radius 1 is 1.15 bits per heavy atom. The van der Waals surface area contributed by atoms with Crippen LogP contribution in [0.15, 0.2) is 6.33 Å². The van der Waals surface area contributed by atoms with Gasteiger partial charge in [0.05, 0.1) is 13.2 Å². The molecule has 0 aliphatic heterocycles. The Bertz CT molecular complexity index is 376. The fraction of sp³-hybridized carbons (Fsp3) is 0.692. The van der Waals surface area contributed by atoms with E-state index in [-0.39, 0.29) is 0 Å². The molecule has 0 saturated carbocycles. The van der Waals surface area contributed by atoms with Crippen molar-refractivity contribution in [2.45, 2.75) is 26.2 Å². The minimum Gasteiger partial charge on any atom is -0.382 e. The number of nitrogens with one attached hydrogen (secondary N) is 2. The van der Waals surface area contributed by atoms with Crippen LogP contribution in [-0.4, -0.2) is 43.4 Å². The van der Waals surface area contributed by atoms with Crippen molar-refractivity contribution in [1.29, 1.82) is 0 Å². The minimum absolute atomic E-state index is 0.647. The van der Waals surface area contributed by atoms with Crippen molar-refractivity contribution in [2.75, 3.05) is 44.2 Å². The first kappa shape index (κ1) is 16.6. The van der Waals surface area contributed by atoms with Crippen LogP contribution in [0.3, 0.4) is 0 Å². The van der Waals surface area contributed by atoms with E-state index in [2.05, 4.69) is 20.7 Å². The van der Waals surface area contributed by atoms with Gasteiger partial charge < -0.3 is 20.2 Å². The van der Waals surface area contributed by atoms with Crippen molar-refractivity contribution >= 4 is 11.6 Å². The number of methoxy groups -OCH3 is 1. The van der Waals surface area contributed by atoms with Gasteiger partial charge in [0.15, 0.2) is 0 Å². The molecule has 0 saturated heterocycles. The van der Waals surface area contributed by atoms with E-state index in [9.17, 15) is 0 Å². The Labute approximate surface area is 120 Å². The van der Waals surface area contributed by atoms with E-state index in [1.54, 1.807) is 7.11 Å². The summed E-state index contributed by atoms with van der Waals surface area (Å²) in [5, 5.41) is 3.31. The van der Waals surface area contributed by atoms with Gasteiger partial charge in [0.25, 0.3) is 0 Å². The molecule has 0 atom stereocenters. The number of nitrogen functional groups attached to an aromatic ring is 1. The first-order valence-corrected chi connectivity index (χ1v) is 6.94. The van der Waals surface area contributed by atoms with Crippen molar-refractivity contribution in [3.05, 3.63) is 11.9 Å². The lowest BCUT2D eigenvalue weighted by Crippen LogP contribution is -2.14. The number of aromatic nitrogens is 2. The Balaban J connectivity index is 2.25. The van der Waals surface area contributed by atoms with Crippen LogP contribution < -0.4 is 16.6 Å². The van der Waals surface area contributed by atoms with Gasteiger partial charge in [-0.25, -0.2) is 15.8 Å². The standard InChI is InChI=1S/C13H25N5O2/c1-3-11-12(16-10-17-13(11)18-14)15-6-4-5-7-20-9-8-19-2/h10H,3-9,14H2,1-2H3,(H2,15,16,17,18). The summed E-state index contributed by atoms with van der Waals surface area (Å²) >= 11 is 0. The third-order valence-corrected chi connectivity index (χ3v) is 2.88. The summed E-state index contributed by atoms with van der Waals surface area (Å²) in [6, 6.07) is 0. The van der Waals surface area contributed by atoms with Gasteiger partial charge in [-0.15, -0.1) is 0 Å². The Morgan fingerprint density at radius 3 is 2.65 bits per heavy atom. The summed E-state index contributed by atoms with van der Waals surface area (Å²) < 4.78 is 10.3. The molecule has 7 nitrogen and oxygen atoms in total. The van der Waals surface area contributed by atoms with E-state index in [4.69, 9.17) is 15.3 Å². The zero-order valence-electron chi connectivity index (χ0n) is 12.3. The number of hydrazine groups is 1. The molecule has 0 unspecified atom stereocenters. The van der Waals surface area contributed by atoms with Gasteiger partial charge in [0.2, 0.25) is 0 Å². The second-order valence-corrected chi connectivity index (χ2v) is 4.29. The third kappa shape index (κ3) is 5.68. The molecule has 1 heterocycles. The van der Waals surface area contributed by atoms with Gasteiger partial charge in [-0.3, -0.25) is 0 Å². The van der Waals surface area contributed by atoms with Crippen molar-refractivity contribution in [2.24, 2.45) is 5.84 Å². The molecule has 0 amide bonds. The van der Waals surface area contributed by atoms with E-state index in [1.807, 2.05) is 6.92 Å². The lowest BCUT2D eigenvalue weighted by Gasteiger charge is -2.12. The Kier molecular flexibility index (Phi) is 8.61. The second-order valence-electron chi connectivity index (χ2n) is 4.29. The zero-order valence-corrected chi connectivity index (χ0v) is 12.3. The largest absolute Gasteiger partial charge is 0.382 e. The van der Waals surface area contributed by atoms with Crippen molar-refractivity contribution in [3.8, 4) is 0 Å². The molecule has 114 valence electrons. The smallest absolute Gasteiger partial charge is 0.148 e. The maximum atomic E-state index is 5.43. The molecule has 0 bridgehead atoms. The number of rotatable bonds is 11. The number of ether oxygens (including phenoxy) is 2. The summed E-state index contributed by atoms with van der Waals surface area (Å²) in [4.78, 5) is 8.35. The van der Waals surface area contributed by atoms with Crippen LogP contribution in [0, 0.1) is 0 Å². The topological polar surface area (TPSA) is 94.3 Å². The molecular formula is C13H25N5O2. The maximum Gasteiger partial charge on any atom is 0.148 e. The van der Waals surface area contributed by atoms with Crippen LogP contribution in [0.25, 0.3) is 0 Å². The molecule has 1 rings (SSSR count).